The lowest BCUT2D eigenvalue weighted by Crippen LogP contribution is -2.09. The van der Waals surface area contributed by atoms with E-state index in [2.05, 4.69) is 0 Å². The summed E-state index contributed by atoms with van der Waals surface area (Å²) in [7, 11) is 3.09. The highest BCUT2D eigenvalue weighted by Crippen LogP contribution is 2.41. The summed E-state index contributed by atoms with van der Waals surface area (Å²) in [5, 5.41) is 10.6. The molecular formula is C13H19ClO3. The van der Waals surface area contributed by atoms with E-state index in [1.807, 2.05) is 13.8 Å². The van der Waals surface area contributed by atoms with Crippen molar-refractivity contribution in [1.82, 2.24) is 0 Å². The molecule has 0 amide bonds. The maximum absolute atomic E-state index is 10.2. The topological polar surface area (TPSA) is 38.7 Å². The van der Waals surface area contributed by atoms with E-state index in [1.54, 1.807) is 19.2 Å². The highest BCUT2D eigenvalue weighted by molar-refractivity contribution is 6.33. The van der Waals surface area contributed by atoms with Crippen molar-refractivity contribution >= 4 is 11.6 Å². The Morgan fingerprint density at radius 2 is 1.94 bits per heavy atom. The molecule has 0 aromatic heterocycles. The number of aliphatic hydroxyl groups excluding tert-OH is 1. The van der Waals surface area contributed by atoms with Crippen molar-refractivity contribution in [1.29, 1.82) is 0 Å². The normalized spacial score (nSPS) is 14.2. The van der Waals surface area contributed by atoms with E-state index in [-0.39, 0.29) is 5.92 Å². The predicted octanol–water partition coefficient (Wildman–Crippen LogP) is 3.44. The van der Waals surface area contributed by atoms with Gasteiger partial charge in [-0.2, -0.15) is 0 Å². The zero-order chi connectivity index (χ0) is 13.0. The Hall–Kier alpha value is -0.930. The molecule has 0 saturated carbocycles. The Bertz CT molecular complexity index is 379. The second kappa shape index (κ2) is 6.12. The smallest absolute Gasteiger partial charge is 0.179 e. The lowest BCUT2D eigenvalue weighted by atomic mass is 9.95. The zero-order valence-corrected chi connectivity index (χ0v) is 11.4. The molecule has 1 rings (SSSR count). The first kappa shape index (κ1) is 14.1. The molecule has 0 aliphatic rings. The van der Waals surface area contributed by atoms with Gasteiger partial charge in [0, 0.05) is 5.56 Å². The maximum atomic E-state index is 10.2. The lowest BCUT2D eigenvalue weighted by Gasteiger charge is -2.20. The molecule has 0 spiro atoms. The standard InChI is InChI=1S/C13H19ClO3/c1-5-8(2)12(15)9-6-7-10(16-3)13(17-4)11(9)14/h6-8,12,15H,5H2,1-4H3. The van der Waals surface area contributed by atoms with Gasteiger partial charge in [-0.3, -0.25) is 0 Å². The van der Waals surface area contributed by atoms with Crippen molar-refractivity contribution in [2.24, 2.45) is 5.92 Å². The molecule has 0 fully saturated rings. The molecule has 4 heteroatoms. The van der Waals surface area contributed by atoms with Crippen LogP contribution in [0.15, 0.2) is 12.1 Å². The molecule has 1 N–H and O–H groups in total. The Morgan fingerprint density at radius 1 is 1.29 bits per heavy atom. The summed E-state index contributed by atoms with van der Waals surface area (Å²) in [5.74, 6) is 1.18. The van der Waals surface area contributed by atoms with Crippen LogP contribution in [0.1, 0.15) is 31.9 Å². The van der Waals surface area contributed by atoms with Crippen LogP contribution in [0.3, 0.4) is 0 Å². The maximum Gasteiger partial charge on any atom is 0.179 e. The highest BCUT2D eigenvalue weighted by atomic mass is 35.5. The van der Waals surface area contributed by atoms with E-state index in [0.29, 0.717) is 22.1 Å². The molecule has 96 valence electrons. The molecule has 0 heterocycles. The van der Waals surface area contributed by atoms with Crippen molar-refractivity contribution in [3.05, 3.63) is 22.7 Å². The van der Waals surface area contributed by atoms with Gasteiger partial charge in [-0.05, 0) is 12.0 Å². The number of hydrogen-bond acceptors (Lipinski definition) is 3. The third-order valence-electron chi connectivity index (χ3n) is 3.02. The number of rotatable bonds is 5. The van der Waals surface area contributed by atoms with Gasteiger partial charge in [-0.25, -0.2) is 0 Å². The first-order valence-electron chi connectivity index (χ1n) is 5.65. The van der Waals surface area contributed by atoms with Gasteiger partial charge in [0.2, 0.25) is 0 Å². The van der Waals surface area contributed by atoms with Gasteiger partial charge in [0.15, 0.2) is 11.5 Å². The third-order valence-corrected chi connectivity index (χ3v) is 3.41. The lowest BCUT2D eigenvalue weighted by molar-refractivity contribution is 0.115. The number of aliphatic hydroxyl groups is 1. The molecule has 1 aromatic carbocycles. The van der Waals surface area contributed by atoms with Crippen LogP contribution in [0.2, 0.25) is 5.02 Å². The molecule has 0 aliphatic heterocycles. The molecule has 3 nitrogen and oxygen atoms in total. The van der Waals surface area contributed by atoms with Crippen molar-refractivity contribution in [3.63, 3.8) is 0 Å². The number of benzene rings is 1. The second-order valence-corrected chi connectivity index (χ2v) is 4.41. The Kier molecular flexibility index (Phi) is 5.09. The van der Waals surface area contributed by atoms with Crippen molar-refractivity contribution < 1.29 is 14.6 Å². The summed E-state index contributed by atoms with van der Waals surface area (Å²) < 4.78 is 10.4. The average molecular weight is 259 g/mol. The molecule has 2 atom stereocenters. The van der Waals surface area contributed by atoms with E-state index in [0.717, 1.165) is 6.42 Å². The van der Waals surface area contributed by atoms with Crippen LogP contribution in [0, 0.1) is 5.92 Å². The fourth-order valence-corrected chi connectivity index (χ4v) is 2.01. The van der Waals surface area contributed by atoms with Gasteiger partial charge in [0.1, 0.15) is 0 Å². The Balaban J connectivity index is 3.18. The summed E-state index contributed by atoms with van der Waals surface area (Å²) in [4.78, 5) is 0. The van der Waals surface area contributed by atoms with Crippen LogP contribution in [0.25, 0.3) is 0 Å². The third kappa shape index (κ3) is 2.85. The molecule has 0 bridgehead atoms. The molecular weight excluding hydrogens is 240 g/mol. The van der Waals surface area contributed by atoms with Crippen LogP contribution in [0.4, 0.5) is 0 Å². The minimum Gasteiger partial charge on any atom is -0.493 e. The second-order valence-electron chi connectivity index (χ2n) is 4.03. The minimum atomic E-state index is -0.590. The molecule has 0 saturated heterocycles. The summed E-state index contributed by atoms with van der Waals surface area (Å²) in [6, 6.07) is 3.53. The van der Waals surface area contributed by atoms with Gasteiger partial charge in [0.05, 0.1) is 25.3 Å². The van der Waals surface area contributed by atoms with Crippen molar-refractivity contribution in [2.75, 3.05) is 14.2 Å². The van der Waals surface area contributed by atoms with Crippen LogP contribution < -0.4 is 9.47 Å². The molecule has 0 radical (unpaired) electrons. The van der Waals surface area contributed by atoms with Crippen LogP contribution in [0.5, 0.6) is 11.5 Å². The zero-order valence-electron chi connectivity index (χ0n) is 10.7. The first-order valence-corrected chi connectivity index (χ1v) is 6.03. The van der Waals surface area contributed by atoms with Crippen LogP contribution in [-0.4, -0.2) is 19.3 Å². The van der Waals surface area contributed by atoms with Gasteiger partial charge in [0.25, 0.3) is 0 Å². The van der Waals surface area contributed by atoms with E-state index in [9.17, 15) is 5.11 Å². The summed E-state index contributed by atoms with van der Waals surface area (Å²) in [6.45, 7) is 4.01. The van der Waals surface area contributed by atoms with Gasteiger partial charge in [-0.15, -0.1) is 0 Å². The summed E-state index contributed by atoms with van der Waals surface area (Å²) >= 11 is 6.22. The molecule has 1 aromatic rings. The van der Waals surface area contributed by atoms with Crippen molar-refractivity contribution in [3.8, 4) is 11.5 Å². The number of halogens is 1. The quantitative estimate of drug-likeness (QED) is 0.879. The van der Waals surface area contributed by atoms with Gasteiger partial charge >= 0.3 is 0 Å². The van der Waals surface area contributed by atoms with E-state index < -0.39 is 6.10 Å². The number of ether oxygens (including phenoxy) is 2. The SMILES string of the molecule is CCC(C)C(O)c1ccc(OC)c(OC)c1Cl. The average Bonchev–Trinajstić information content (AvgIpc) is 2.36. The first-order chi connectivity index (χ1) is 8.06. The number of hydrogen-bond donors (Lipinski definition) is 1. The fourth-order valence-electron chi connectivity index (χ4n) is 1.66. The highest BCUT2D eigenvalue weighted by Gasteiger charge is 2.21. The largest absolute Gasteiger partial charge is 0.493 e. The van der Waals surface area contributed by atoms with E-state index in [4.69, 9.17) is 21.1 Å². The minimum absolute atomic E-state index is 0.144. The summed E-state index contributed by atoms with van der Waals surface area (Å²) in [5.41, 5.74) is 0.679. The number of methoxy groups -OCH3 is 2. The van der Waals surface area contributed by atoms with Crippen LogP contribution in [-0.2, 0) is 0 Å². The molecule has 17 heavy (non-hydrogen) atoms. The molecule has 2 unspecified atom stereocenters. The fraction of sp³-hybridized carbons (Fsp3) is 0.538. The van der Waals surface area contributed by atoms with Gasteiger partial charge in [-0.1, -0.05) is 37.9 Å². The summed E-state index contributed by atoms with van der Waals surface area (Å²) in [6.07, 6.45) is 0.290. The van der Waals surface area contributed by atoms with Gasteiger partial charge < -0.3 is 14.6 Å². The van der Waals surface area contributed by atoms with E-state index in [1.165, 1.54) is 7.11 Å². The molecule has 0 aliphatic carbocycles. The Morgan fingerprint density at radius 3 is 2.41 bits per heavy atom. The Labute approximate surface area is 107 Å². The predicted molar refractivity (Wildman–Crippen MR) is 69.0 cm³/mol. The van der Waals surface area contributed by atoms with Crippen LogP contribution >= 0.6 is 11.6 Å². The monoisotopic (exact) mass is 258 g/mol. The van der Waals surface area contributed by atoms with Crippen molar-refractivity contribution in [2.45, 2.75) is 26.4 Å². The van der Waals surface area contributed by atoms with E-state index >= 15 is 0 Å².